The summed E-state index contributed by atoms with van der Waals surface area (Å²) in [6, 6.07) is 10.5. The standard InChI is InChI=1S/C15H16NOP/c1-10-9-18-14(11(10)2)15-16-13(8-17-15)12-6-4-3-5-7-12/h3-7,9,13,18H,8H2,1-2H3/t13-/m1/s1. The van der Waals surface area contributed by atoms with Crippen LogP contribution in [-0.2, 0) is 4.74 Å². The second-order valence-corrected chi connectivity index (χ2v) is 5.72. The van der Waals surface area contributed by atoms with E-state index in [9.17, 15) is 0 Å². The molecule has 92 valence electrons. The zero-order chi connectivity index (χ0) is 12.5. The maximum Gasteiger partial charge on any atom is 0.221 e. The van der Waals surface area contributed by atoms with Crippen molar-refractivity contribution >= 4 is 14.1 Å². The normalized spacial score (nSPS) is 19.0. The van der Waals surface area contributed by atoms with Crippen molar-refractivity contribution in [2.24, 2.45) is 4.99 Å². The molecule has 0 saturated heterocycles. The smallest absolute Gasteiger partial charge is 0.221 e. The molecule has 0 bridgehead atoms. The summed E-state index contributed by atoms with van der Waals surface area (Å²) in [4.78, 5) is 4.74. The number of hydrogen-bond acceptors (Lipinski definition) is 2. The molecular weight excluding hydrogens is 241 g/mol. The van der Waals surface area contributed by atoms with Gasteiger partial charge in [-0.25, -0.2) is 4.99 Å². The summed E-state index contributed by atoms with van der Waals surface area (Å²) in [5.74, 6) is 3.12. The lowest BCUT2D eigenvalue weighted by Gasteiger charge is -2.03. The van der Waals surface area contributed by atoms with Gasteiger partial charge in [-0.1, -0.05) is 30.3 Å². The highest BCUT2D eigenvalue weighted by Gasteiger charge is 2.23. The van der Waals surface area contributed by atoms with Gasteiger partial charge in [0.15, 0.2) is 0 Å². The minimum absolute atomic E-state index is 0.159. The lowest BCUT2D eigenvalue weighted by Crippen LogP contribution is -2.00. The Balaban J connectivity index is 1.91. The van der Waals surface area contributed by atoms with Crippen LogP contribution in [0.15, 0.2) is 41.1 Å². The highest BCUT2D eigenvalue weighted by Crippen LogP contribution is 2.31. The fourth-order valence-electron chi connectivity index (χ4n) is 2.17. The number of ether oxygens (including phenoxy) is 1. The van der Waals surface area contributed by atoms with Crippen molar-refractivity contribution in [1.29, 1.82) is 0 Å². The van der Waals surface area contributed by atoms with Crippen molar-refractivity contribution < 1.29 is 4.74 Å². The second kappa shape index (κ2) is 4.62. The summed E-state index contributed by atoms with van der Waals surface area (Å²) in [6.07, 6.45) is 0. The van der Waals surface area contributed by atoms with Crippen LogP contribution < -0.4 is 0 Å². The van der Waals surface area contributed by atoms with Crippen molar-refractivity contribution in [1.82, 2.24) is 0 Å². The summed E-state index contributed by atoms with van der Waals surface area (Å²) in [6.45, 7) is 4.97. The zero-order valence-corrected chi connectivity index (χ0v) is 11.6. The third-order valence-corrected chi connectivity index (χ3v) is 4.90. The molecule has 3 rings (SSSR count). The molecule has 0 spiro atoms. The van der Waals surface area contributed by atoms with Crippen molar-refractivity contribution in [3.05, 3.63) is 58.1 Å². The molecule has 1 aliphatic heterocycles. The average Bonchev–Trinajstić information content (AvgIpc) is 3.00. The van der Waals surface area contributed by atoms with Crippen LogP contribution in [0.2, 0.25) is 0 Å². The molecule has 18 heavy (non-hydrogen) atoms. The van der Waals surface area contributed by atoms with Gasteiger partial charge in [-0.3, -0.25) is 0 Å². The van der Waals surface area contributed by atoms with Crippen LogP contribution >= 0.6 is 8.19 Å². The summed E-state index contributed by atoms with van der Waals surface area (Å²) in [5, 5.41) is 1.28. The second-order valence-electron chi connectivity index (χ2n) is 4.64. The predicted octanol–water partition coefficient (Wildman–Crippen LogP) is 3.85. The molecule has 0 saturated carbocycles. The van der Waals surface area contributed by atoms with Crippen molar-refractivity contribution in [2.75, 3.05) is 6.61 Å². The van der Waals surface area contributed by atoms with Crippen LogP contribution in [0, 0.1) is 13.8 Å². The Morgan fingerprint density at radius 3 is 2.67 bits per heavy atom. The van der Waals surface area contributed by atoms with Crippen LogP contribution in [0.5, 0.6) is 0 Å². The van der Waals surface area contributed by atoms with E-state index in [2.05, 4.69) is 43.9 Å². The molecule has 1 aromatic carbocycles. The number of rotatable bonds is 2. The molecule has 2 nitrogen and oxygen atoms in total. The fourth-order valence-corrected chi connectivity index (χ4v) is 3.42. The number of hydrogen-bond donors (Lipinski definition) is 0. The molecule has 2 aromatic rings. The lowest BCUT2D eigenvalue weighted by molar-refractivity contribution is 0.320. The van der Waals surface area contributed by atoms with Gasteiger partial charge in [-0.2, -0.15) is 0 Å². The molecule has 2 heterocycles. The summed E-state index contributed by atoms with van der Waals surface area (Å²) >= 11 is 0. The maximum absolute atomic E-state index is 5.79. The predicted molar refractivity (Wildman–Crippen MR) is 77.1 cm³/mol. The average molecular weight is 257 g/mol. The van der Waals surface area contributed by atoms with Crippen LogP contribution in [0.1, 0.15) is 28.0 Å². The monoisotopic (exact) mass is 257 g/mol. The molecule has 0 fully saturated rings. The first-order chi connectivity index (χ1) is 8.75. The Bertz CT molecular complexity index is 586. The van der Waals surface area contributed by atoms with E-state index in [1.54, 1.807) is 0 Å². The Kier molecular flexibility index (Phi) is 2.97. The molecule has 1 aromatic heterocycles. The van der Waals surface area contributed by atoms with Gasteiger partial charge in [0.2, 0.25) is 5.90 Å². The molecule has 1 unspecified atom stereocenters. The van der Waals surface area contributed by atoms with E-state index >= 15 is 0 Å². The van der Waals surface area contributed by atoms with Gasteiger partial charge in [0, 0.05) is 0 Å². The van der Waals surface area contributed by atoms with E-state index in [1.807, 2.05) is 6.07 Å². The molecule has 0 amide bonds. The molecule has 3 heteroatoms. The van der Waals surface area contributed by atoms with Crippen molar-refractivity contribution in [2.45, 2.75) is 19.9 Å². The first-order valence-electron chi connectivity index (χ1n) is 6.16. The van der Waals surface area contributed by atoms with Crippen LogP contribution in [0.4, 0.5) is 0 Å². The number of aliphatic imine (C=N–C) groups is 1. The van der Waals surface area contributed by atoms with E-state index < -0.39 is 0 Å². The van der Waals surface area contributed by atoms with Gasteiger partial charge in [-0.15, -0.1) is 8.19 Å². The first-order valence-corrected chi connectivity index (χ1v) is 7.24. The molecule has 0 aliphatic carbocycles. The van der Waals surface area contributed by atoms with E-state index in [4.69, 9.17) is 9.73 Å². The van der Waals surface area contributed by atoms with Crippen molar-refractivity contribution in [3.8, 4) is 0 Å². The van der Waals surface area contributed by atoms with E-state index in [1.165, 1.54) is 22.0 Å². The van der Waals surface area contributed by atoms with Crippen LogP contribution in [0.25, 0.3) is 0 Å². The number of benzene rings is 1. The molecule has 1 aliphatic rings. The summed E-state index contributed by atoms with van der Waals surface area (Å²) in [7, 11) is 0.704. The minimum atomic E-state index is 0.159. The Hall–Kier alpha value is -1.53. The topological polar surface area (TPSA) is 21.6 Å². The van der Waals surface area contributed by atoms with Gasteiger partial charge in [0.05, 0.1) is 5.30 Å². The first kappa shape index (κ1) is 11.6. The maximum atomic E-state index is 5.79. The lowest BCUT2D eigenvalue weighted by atomic mass is 10.1. The fraction of sp³-hybridized carbons (Fsp3) is 0.267. The van der Waals surface area contributed by atoms with Crippen molar-refractivity contribution in [3.63, 3.8) is 0 Å². The van der Waals surface area contributed by atoms with Gasteiger partial charge in [-0.05, 0) is 36.3 Å². The highest BCUT2D eigenvalue weighted by atomic mass is 31.0. The Morgan fingerprint density at radius 2 is 2.00 bits per heavy atom. The van der Waals surface area contributed by atoms with Gasteiger partial charge in [0.25, 0.3) is 0 Å². The number of aryl methyl sites for hydroxylation is 1. The number of nitrogens with zero attached hydrogens (tertiary/aromatic N) is 1. The molecular formula is C15H16NOP. The van der Waals surface area contributed by atoms with Gasteiger partial charge < -0.3 is 4.74 Å². The largest absolute Gasteiger partial charge is 0.475 e. The zero-order valence-electron chi connectivity index (χ0n) is 10.6. The van der Waals surface area contributed by atoms with Gasteiger partial charge >= 0.3 is 0 Å². The summed E-state index contributed by atoms with van der Waals surface area (Å²) in [5.41, 5.74) is 3.93. The third kappa shape index (κ3) is 1.97. The highest BCUT2D eigenvalue weighted by molar-refractivity contribution is 7.32. The van der Waals surface area contributed by atoms with E-state index in [0.29, 0.717) is 14.8 Å². The van der Waals surface area contributed by atoms with Crippen LogP contribution in [-0.4, -0.2) is 12.5 Å². The van der Waals surface area contributed by atoms with E-state index in [0.717, 1.165) is 5.90 Å². The SMILES string of the molecule is Cc1c[pH]c(C2=N[C@@H](c3ccccc3)CO2)c1C. The Labute approximate surface area is 109 Å². The quantitative estimate of drug-likeness (QED) is 0.800. The molecule has 2 atom stereocenters. The Morgan fingerprint density at radius 1 is 1.22 bits per heavy atom. The van der Waals surface area contributed by atoms with Crippen LogP contribution in [0.3, 0.4) is 0 Å². The summed E-state index contributed by atoms with van der Waals surface area (Å²) < 4.78 is 5.79. The van der Waals surface area contributed by atoms with E-state index in [-0.39, 0.29) is 6.04 Å². The third-order valence-electron chi connectivity index (χ3n) is 3.45. The molecule has 0 N–H and O–H groups in total. The molecule has 0 radical (unpaired) electrons. The minimum Gasteiger partial charge on any atom is -0.475 e. The van der Waals surface area contributed by atoms with Gasteiger partial charge in [0.1, 0.15) is 12.6 Å².